The number of thiazole rings is 1. The highest BCUT2D eigenvalue weighted by atomic mass is 32.1. The summed E-state index contributed by atoms with van der Waals surface area (Å²) in [6.45, 7) is 0. The molecule has 0 fully saturated rings. The second kappa shape index (κ2) is 6.03. The molecular formula is C18H12N2O4S. The molecule has 4 rings (SSSR count). The lowest BCUT2D eigenvalue weighted by Gasteiger charge is -1.98. The van der Waals surface area contributed by atoms with E-state index in [0.717, 1.165) is 16.9 Å². The average molecular weight is 352 g/mol. The van der Waals surface area contributed by atoms with Gasteiger partial charge in [-0.1, -0.05) is 47.7 Å². The van der Waals surface area contributed by atoms with Gasteiger partial charge in [0.25, 0.3) is 5.89 Å². The number of carbonyl (C=O) groups excluding carboxylic acids is 1. The Morgan fingerprint density at radius 3 is 2.72 bits per heavy atom. The molecule has 4 aromatic rings. The molecule has 0 aliphatic rings. The van der Waals surface area contributed by atoms with Crippen molar-refractivity contribution in [3.8, 4) is 5.88 Å². The quantitative estimate of drug-likeness (QED) is 0.550. The van der Waals surface area contributed by atoms with Crippen molar-refractivity contribution in [2.24, 2.45) is 0 Å². The molecule has 2 N–H and O–H groups in total. The minimum absolute atomic E-state index is 0.0347. The first-order chi connectivity index (χ1) is 12.1. The number of benzene rings is 2. The van der Waals surface area contributed by atoms with Crippen molar-refractivity contribution < 1.29 is 14.3 Å². The maximum atomic E-state index is 12.4. The van der Waals surface area contributed by atoms with Crippen LogP contribution in [0.3, 0.4) is 0 Å². The minimum atomic E-state index is -0.300. The average Bonchev–Trinajstić information content (AvgIpc) is 3.17. The highest BCUT2D eigenvalue weighted by Crippen LogP contribution is 2.24. The number of rotatable bonds is 4. The Labute approximate surface area is 145 Å². The number of aromatic amines is 1. The van der Waals surface area contributed by atoms with Crippen LogP contribution in [-0.2, 0) is 6.42 Å². The molecule has 0 atom stereocenters. The van der Waals surface area contributed by atoms with Gasteiger partial charge in [0.1, 0.15) is 5.52 Å². The third-order valence-corrected chi connectivity index (χ3v) is 4.62. The first-order valence-corrected chi connectivity index (χ1v) is 8.32. The Hall–Kier alpha value is -3.19. The second-order valence-corrected chi connectivity index (χ2v) is 6.55. The molecule has 0 saturated heterocycles. The molecule has 2 aromatic heterocycles. The van der Waals surface area contributed by atoms with Gasteiger partial charge in [0.15, 0.2) is 5.58 Å². The van der Waals surface area contributed by atoms with E-state index in [1.165, 1.54) is 0 Å². The standard InChI is InChI=1S/C18H12N2O4S/c21-15(11-4-2-1-3-5-11)17-19-12-8-10(6-7-13(12)24-17)9-14-16(22)20-18(23)25-14/h1-8,22H,9H2,(H,20,23). The van der Waals surface area contributed by atoms with Crippen molar-refractivity contribution in [1.29, 1.82) is 0 Å². The van der Waals surface area contributed by atoms with Crippen LogP contribution >= 0.6 is 11.3 Å². The van der Waals surface area contributed by atoms with Crippen molar-refractivity contribution in [2.75, 3.05) is 0 Å². The lowest BCUT2D eigenvalue weighted by atomic mass is 10.1. The molecule has 0 bridgehead atoms. The topological polar surface area (TPSA) is 96.2 Å². The number of nitrogens with one attached hydrogen (secondary N) is 1. The molecule has 0 radical (unpaired) electrons. The van der Waals surface area contributed by atoms with Crippen LogP contribution in [0.25, 0.3) is 11.1 Å². The van der Waals surface area contributed by atoms with Crippen LogP contribution in [0.4, 0.5) is 0 Å². The van der Waals surface area contributed by atoms with Gasteiger partial charge >= 0.3 is 4.87 Å². The summed E-state index contributed by atoms with van der Waals surface area (Å²) in [5.74, 6) is -0.359. The van der Waals surface area contributed by atoms with Gasteiger partial charge in [-0.05, 0) is 17.7 Å². The van der Waals surface area contributed by atoms with Gasteiger partial charge in [0.05, 0.1) is 4.88 Å². The van der Waals surface area contributed by atoms with Crippen molar-refractivity contribution in [1.82, 2.24) is 9.97 Å². The number of nitrogens with zero attached hydrogens (tertiary/aromatic N) is 1. The van der Waals surface area contributed by atoms with Gasteiger partial charge in [-0.15, -0.1) is 0 Å². The fourth-order valence-electron chi connectivity index (χ4n) is 2.55. The predicted octanol–water partition coefficient (Wildman–Crippen LogP) is 3.11. The van der Waals surface area contributed by atoms with E-state index in [9.17, 15) is 14.7 Å². The summed E-state index contributed by atoms with van der Waals surface area (Å²) in [5, 5.41) is 9.68. The fraction of sp³-hybridized carbons (Fsp3) is 0.0556. The summed E-state index contributed by atoms with van der Waals surface area (Å²) in [6, 6.07) is 14.1. The zero-order valence-electron chi connectivity index (χ0n) is 12.9. The maximum absolute atomic E-state index is 12.4. The number of hydrogen-bond donors (Lipinski definition) is 2. The van der Waals surface area contributed by atoms with Crippen LogP contribution in [0.5, 0.6) is 5.88 Å². The van der Waals surface area contributed by atoms with E-state index in [0.29, 0.717) is 28.0 Å². The Morgan fingerprint density at radius 2 is 2.00 bits per heavy atom. The molecule has 2 heterocycles. The Morgan fingerprint density at radius 1 is 1.20 bits per heavy atom. The minimum Gasteiger partial charge on any atom is -0.494 e. The third-order valence-electron chi connectivity index (χ3n) is 3.75. The molecule has 0 aliphatic carbocycles. The number of oxazole rings is 1. The van der Waals surface area contributed by atoms with E-state index in [1.807, 2.05) is 12.1 Å². The van der Waals surface area contributed by atoms with E-state index in [4.69, 9.17) is 4.42 Å². The Balaban J connectivity index is 1.66. The van der Waals surface area contributed by atoms with Gasteiger partial charge in [-0.2, -0.15) is 0 Å². The first-order valence-electron chi connectivity index (χ1n) is 7.50. The van der Waals surface area contributed by atoms with E-state index >= 15 is 0 Å². The van der Waals surface area contributed by atoms with Crippen LogP contribution in [0, 0.1) is 0 Å². The van der Waals surface area contributed by atoms with Gasteiger partial charge in [0, 0.05) is 12.0 Å². The van der Waals surface area contributed by atoms with Crippen LogP contribution in [0.1, 0.15) is 26.7 Å². The summed E-state index contributed by atoms with van der Waals surface area (Å²) >= 11 is 0.963. The normalized spacial score (nSPS) is 11.0. The molecule has 7 heteroatoms. The van der Waals surface area contributed by atoms with Crippen LogP contribution < -0.4 is 4.87 Å². The smallest absolute Gasteiger partial charge is 0.307 e. The third kappa shape index (κ3) is 2.97. The largest absolute Gasteiger partial charge is 0.494 e. The van der Waals surface area contributed by atoms with Gasteiger partial charge in [0.2, 0.25) is 11.7 Å². The maximum Gasteiger partial charge on any atom is 0.307 e. The second-order valence-electron chi connectivity index (χ2n) is 5.48. The Kier molecular flexibility index (Phi) is 3.70. The van der Waals surface area contributed by atoms with Crippen molar-refractivity contribution in [2.45, 2.75) is 6.42 Å². The zero-order valence-corrected chi connectivity index (χ0v) is 13.7. The SMILES string of the molecule is O=C(c1ccccc1)c1nc2cc(Cc3sc(=O)[nH]c3O)ccc2o1. The number of hydrogen-bond acceptors (Lipinski definition) is 6. The molecule has 25 heavy (non-hydrogen) atoms. The summed E-state index contributed by atoms with van der Waals surface area (Å²) in [5.41, 5.74) is 2.43. The van der Waals surface area contributed by atoms with Crippen LogP contribution in [0.2, 0.25) is 0 Å². The van der Waals surface area contributed by atoms with Gasteiger partial charge in [-0.25, -0.2) is 4.98 Å². The molecule has 0 spiro atoms. The van der Waals surface area contributed by atoms with E-state index in [2.05, 4.69) is 9.97 Å². The van der Waals surface area contributed by atoms with Gasteiger partial charge in [-0.3, -0.25) is 14.6 Å². The molecule has 0 saturated carbocycles. The molecule has 124 valence electrons. The van der Waals surface area contributed by atoms with E-state index in [1.54, 1.807) is 36.4 Å². The molecule has 6 nitrogen and oxygen atoms in total. The number of aromatic nitrogens is 2. The monoisotopic (exact) mass is 352 g/mol. The fourth-order valence-corrected chi connectivity index (χ4v) is 3.31. The highest BCUT2D eigenvalue weighted by Gasteiger charge is 2.17. The molecular weight excluding hydrogens is 340 g/mol. The lowest BCUT2D eigenvalue weighted by Crippen LogP contribution is -2.00. The predicted molar refractivity (Wildman–Crippen MR) is 93.3 cm³/mol. The number of carbonyl (C=O) groups is 1. The van der Waals surface area contributed by atoms with E-state index in [-0.39, 0.29) is 22.4 Å². The van der Waals surface area contributed by atoms with Crippen molar-refractivity contribution in [3.63, 3.8) is 0 Å². The van der Waals surface area contributed by atoms with E-state index < -0.39 is 0 Å². The summed E-state index contributed by atoms with van der Waals surface area (Å²) < 4.78 is 5.55. The molecule has 0 amide bonds. The van der Waals surface area contributed by atoms with Crippen LogP contribution in [0.15, 0.2) is 57.7 Å². The molecule has 0 unspecified atom stereocenters. The summed E-state index contributed by atoms with van der Waals surface area (Å²) in [7, 11) is 0. The molecule has 2 aromatic carbocycles. The zero-order chi connectivity index (χ0) is 17.4. The number of aromatic hydroxyl groups is 1. The lowest BCUT2D eigenvalue weighted by molar-refractivity contribution is 0.100. The van der Waals surface area contributed by atoms with Gasteiger partial charge < -0.3 is 9.52 Å². The van der Waals surface area contributed by atoms with Crippen molar-refractivity contribution in [3.05, 3.63) is 80.1 Å². The summed E-state index contributed by atoms with van der Waals surface area (Å²) in [6.07, 6.45) is 0.389. The number of H-pyrrole nitrogens is 1. The first kappa shape index (κ1) is 15.3. The number of fused-ring (bicyclic) bond motifs is 1. The highest BCUT2D eigenvalue weighted by molar-refractivity contribution is 7.09. The number of ketones is 1. The molecule has 0 aliphatic heterocycles. The van der Waals surface area contributed by atoms with Crippen molar-refractivity contribution >= 4 is 28.2 Å². The van der Waals surface area contributed by atoms with Crippen LogP contribution in [-0.4, -0.2) is 20.9 Å². The summed E-state index contributed by atoms with van der Waals surface area (Å²) in [4.78, 5) is 30.5. The Bertz CT molecular complexity index is 1120.